The Morgan fingerprint density at radius 3 is 2.90 bits per heavy atom. The summed E-state index contributed by atoms with van der Waals surface area (Å²) in [6.07, 6.45) is 8.16. The molecule has 0 aromatic carbocycles. The van der Waals surface area contributed by atoms with Crippen molar-refractivity contribution in [3.8, 4) is 0 Å². The molecule has 1 saturated heterocycles. The van der Waals surface area contributed by atoms with E-state index in [1.165, 1.54) is 19.3 Å². The average Bonchev–Trinajstić information content (AvgIpc) is 2.48. The monoisotopic (exact) mass is 281 g/mol. The van der Waals surface area contributed by atoms with Gasteiger partial charge in [-0.1, -0.05) is 20.3 Å². The molecule has 2 aliphatic rings. The summed E-state index contributed by atoms with van der Waals surface area (Å²) >= 11 is 0. The Labute approximate surface area is 124 Å². The molecule has 1 heterocycles. The highest BCUT2D eigenvalue weighted by atomic mass is 16.5. The zero-order chi connectivity index (χ0) is 14.4. The van der Waals surface area contributed by atoms with E-state index in [-0.39, 0.29) is 0 Å². The molecule has 1 aliphatic heterocycles. The zero-order valence-corrected chi connectivity index (χ0v) is 13.3. The van der Waals surface area contributed by atoms with E-state index in [0.29, 0.717) is 17.8 Å². The van der Waals surface area contributed by atoms with E-state index in [9.17, 15) is 4.79 Å². The van der Waals surface area contributed by atoms with E-state index >= 15 is 0 Å². The van der Waals surface area contributed by atoms with Crippen molar-refractivity contribution in [3.05, 3.63) is 0 Å². The summed E-state index contributed by atoms with van der Waals surface area (Å²) in [5.74, 6) is 1.57. The van der Waals surface area contributed by atoms with Gasteiger partial charge in [-0.25, -0.2) is 0 Å². The molecular weight excluding hydrogens is 250 g/mol. The third-order valence-electron chi connectivity index (χ3n) is 4.95. The van der Waals surface area contributed by atoms with Crippen molar-refractivity contribution in [2.24, 2.45) is 11.8 Å². The first-order valence-corrected chi connectivity index (χ1v) is 8.59. The summed E-state index contributed by atoms with van der Waals surface area (Å²) in [6, 6.07) is 0. The van der Waals surface area contributed by atoms with Gasteiger partial charge in [0.15, 0.2) is 0 Å². The van der Waals surface area contributed by atoms with Gasteiger partial charge >= 0.3 is 0 Å². The summed E-state index contributed by atoms with van der Waals surface area (Å²) in [5.41, 5.74) is 0. The molecule has 2 rings (SSSR count). The number of piperidine rings is 1. The number of carbonyl (C=O) groups is 1. The maximum absolute atomic E-state index is 12.1. The van der Waals surface area contributed by atoms with E-state index in [1.54, 1.807) is 0 Å². The van der Waals surface area contributed by atoms with Crippen molar-refractivity contribution >= 4 is 5.78 Å². The van der Waals surface area contributed by atoms with E-state index in [2.05, 4.69) is 18.7 Å². The van der Waals surface area contributed by atoms with Gasteiger partial charge in [0, 0.05) is 32.0 Å². The first-order chi connectivity index (χ1) is 9.72. The molecule has 0 bridgehead atoms. The van der Waals surface area contributed by atoms with Crippen LogP contribution in [0.1, 0.15) is 58.8 Å². The number of likely N-dealkylation sites (tertiary alicyclic amines) is 1. The molecule has 3 nitrogen and oxygen atoms in total. The Hall–Kier alpha value is -0.410. The fourth-order valence-corrected chi connectivity index (χ4v) is 3.66. The number of hydrogen-bond acceptors (Lipinski definition) is 3. The summed E-state index contributed by atoms with van der Waals surface area (Å²) in [4.78, 5) is 14.6. The molecule has 0 N–H and O–H groups in total. The van der Waals surface area contributed by atoms with Gasteiger partial charge in [-0.05, 0) is 44.6 Å². The second kappa shape index (κ2) is 8.14. The van der Waals surface area contributed by atoms with Crippen LogP contribution in [-0.2, 0) is 9.53 Å². The molecule has 3 unspecified atom stereocenters. The molecule has 0 aromatic rings. The first-order valence-electron chi connectivity index (χ1n) is 8.59. The Bertz CT molecular complexity index is 305. The Kier molecular flexibility index (Phi) is 6.50. The van der Waals surface area contributed by atoms with Crippen LogP contribution < -0.4 is 0 Å². The molecule has 116 valence electrons. The number of ether oxygens (including phenoxy) is 1. The summed E-state index contributed by atoms with van der Waals surface area (Å²) in [6.45, 7) is 8.44. The van der Waals surface area contributed by atoms with Crippen LogP contribution in [0, 0.1) is 11.8 Å². The van der Waals surface area contributed by atoms with Crippen LogP contribution in [-0.4, -0.2) is 43.0 Å². The first kappa shape index (κ1) is 16.0. The lowest BCUT2D eigenvalue weighted by Gasteiger charge is -2.36. The van der Waals surface area contributed by atoms with Crippen molar-refractivity contribution in [2.75, 3.05) is 26.2 Å². The minimum Gasteiger partial charge on any atom is -0.377 e. The van der Waals surface area contributed by atoms with Gasteiger partial charge in [0.05, 0.1) is 6.10 Å². The average molecular weight is 281 g/mol. The quantitative estimate of drug-likeness (QED) is 0.748. The number of rotatable bonds is 6. The number of carbonyl (C=O) groups excluding carboxylic acids is 1. The molecule has 2 fully saturated rings. The van der Waals surface area contributed by atoms with Gasteiger partial charge in [-0.3, -0.25) is 4.79 Å². The highest BCUT2D eigenvalue weighted by molar-refractivity contribution is 5.81. The summed E-state index contributed by atoms with van der Waals surface area (Å²) < 4.78 is 5.89. The van der Waals surface area contributed by atoms with E-state index in [1.807, 2.05) is 0 Å². The predicted molar refractivity (Wildman–Crippen MR) is 81.8 cm³/mol. The van der Waals surface area contributed by atoms with Crippen molar-refractivity contribution < 1.29 is 9.53 Å². The Morgan fingerprint density at radius 1 is 1.30 bits per heavy atom. The largest absolute Gasteiger partial charge is 0.377 e. The molecule has 1 aliphatic carbocycles. The number of ketones is 1. The smallest absolute Gasteiger partial charge is 0.137 e. The molecule has 0 radical (unpaired) electrons. The van der Waals surface area contributed by atoms with Crippen LogP contribution in [0.5, 0.6) is 0 Å². The third kappa shape index (κ3) is 4.56. The third-order valence-corrected chi connectivity index (χ3v) is 4.95. The van der Waals surface area contributed by atoms with Crippen molar-refractivity contribution in [1.29, 1.82) is 0 Å². The Balaban J connectivity index is 1.80. The van der Waals surface area contributed by atoms with Crippen LogP contribution in [0.15, 0.2) is 0 Å². The molecule has 0 aromatic heterocycles. The van der Waals surface area contributed by atoms with Gasteiger partial charge < -0.3 is 9.64 Å². The van der Waals surface area contributed by atoms with Gasteiger partial charge in [0.2, 0.25) is 0 Å². The molecule has 1 saturated carbocycles. The molecular formula is C17H31NO2. The van der Waals surface area contributed by atoms with Crippen molar-refractivity contribution in [1.82, 2.24) is 4.90 Å². The van der Waals surface area contributed by atoms with E-state index in [0.717, 1.165) is 57.8 Å². The molecule has 20 heavy (non-hydrogen) atoms. The lowest BCUT2D eigenvalue weighted by Crippen LogP contribution is -2.44. The fourth-order valence-electron chi connectivity index (χ4n) is 3.66. The summed E-state index contributed by atoms with van der Waals surface area (Å²) in [7, 11) is 0. The maximum atomic E-state index is 12.1. The molecule has 0 spiro atoms. The van der Waals surface area contributed by atoms with Crippen molar-refractivity contribution in [2.45, 2.75) is 64.9 Å². The zero-order valence-electron chi connectivity index (χ0n) is 13.3. The summed E-state index contributed by atoms with van der Waals surface area (Å²) in [5, 5.41) is 0. The molecule has 3 heteroatoms. The van der Waals surface area contributed by atoms with Crippen molar-refractivity contribution in [3.63, 3.8) is 0 Å². The predicted octanol–water partition coefficient (Wildman–Crippen LogP) is 3.27. The van der Waals surface area contributed by atoms with E-state index in [4.69, 9.17) is 4.74 Å². The SMILES string of the molecule is CCCOC1CCCN(CC2CC(CC)CCC2=O)C1. The standard InChI is InChI=1S/C17H31NO2/c1-3-10-20-16-6-5-9-18(13-16)12-15-11-14(4-2)7-8-17(15)19/h14-16H,3-13H2,1-2H3. The van der Waals surface area contributed by atoms with E-state index < -0.39 is 0 Å². The minimum absolute atomic E-state index is 0.290. The van der Waals surface area contributed by atoms with Crippen LogP contribution >= 0.6 is 0 Å². The number of Topliss-reactive ketones (excluding diaryl/α,β-unsaturated/α-hetero) is 1. The topological polar surface area (TPSA) is 29.5 Å². The highest BCUT2D eigenvalue weighted by Crippen LogP contribution is 2.30. The molecule has 3 atom stereocenters. The van der Waals surface area contributed by atoms with Crippen LogP contribution in [0.2, 0.25) is 0 Å². The van der Waals surface area contributed by atoms with Gasteiger partial charge in [-0.2, -0.15) is 0 Å². The van der Waals surface area contributed by atoms with Crippen LogP contribution in [0.3, 0.4) is 0 Å². The minimum atomic E-state index is 0.290. The Morgan fingerprint density at radius 2 is 2.15 bits per heavy atom. The fraction of sp³-hybridized carbons (Fsp3) is 0.941. The number of hydrogen-bond donors (Lipinski definition) is 0. The lowest BCUT2D eigenvalue weighted by molar-refractivity contribution is -0.126. The molecule has 0 amide bonds. The maximum Gasteiger partial charge on any atom is 0.137 e. The second-order valence-corrected chi connectivity index (χ2v) is 6.61. The van der Waals surface area contributed by atoms with Crippen LogP contribution in [0.25, 0.3) is 0 Å². The normalized spacial score (nSPS) is 32.5. The second-order valence-electron chi connectivity index (χ2n) is 6.61. The van der Waals surface area contributed by atoms with Gasteiger partial charge in [0.25, 0.3) is 0 Å². The lowest BCUT2D eigenvalue weighted by atomic mass is 9.79. The van der Waals surface area contributed by atoms with Crippen LogP contribution in [0.4, 0.5) is 0 Å². The van der Waals surface area contributed by atoms with Gasteiger partial charge in [0.1, 0.15) is 5.78 Å². The number of nitrogens with zero attached hydrogens (tertiary/aromatic N) is 1. The van der Waals surface area contributed by atoms with Gasteiger partial charge in [-0.15, -0.1) is 0 Å². The highest BCUT2D eigenvalue weighted by Gasteiger charge is 2.30.